The fourth-order valence-corrected chi connectivity index (χ4v) is 2.96. The topological polar surface area (TPSA) is 73.6 Å². The van der Waals surface area contributed by atoms with Gasteiger partial charge in [0.05, 0.1) is 18.7 Å². The number of carbonyl (C=O) groups excluding carboxylic acids is 2. The molecule has 0 atom stereocenters. The zero-order valence-corrected chi connectivity index (χ0v) is 14.8. The van der Waals surface area contributed by atoms with Crippen molar-refractivity contribution >= 4 is 11.8 Å². The van der Waals surface area contributed by atoms with Gasteiger partial charge in [-0.2, -0.15) is 5.26 Å². The molecule has 27 heavy (non-hydrogen) atoms. The number of ether oxygens (including phenoxy) is 1. The van der Waals surface area contributed by atoms with Crippen LogP contribution in [0.25, 0.3) is 0 Å². The number of halogens is 1. The van der Waals surface area contributed by atoms with Gasteiger partial charge < -0.3 is 14.5 Å². The highest BCUT2D eigenvalue weighted by Crippen LogP contribution is 2.17. The Labute approximate surface area is 156 Å². The fraction of sp³-hybridized carbons (Fsp3) is 0.250. The molecular formula is C20H18FN3O3. The number of piperazine rings is 1. The van der Waals surface area contributed by atoms with Crippen LogP contribution < -0.4 is 4.74 Å². The van der Waals surface area contributed by atoms with Gasteiger partial charge in [-0.3, -0.25) is 9.59 Å². The molecule has 0 bridgehead atoms. The van der Waals surface area contributed by atoms with Crippen molar-refractivity contribution in [2.75, 3.05) is 26.7 Å². The minimum atomic E-state index is -0.651. The molecule has 138 valence electrons. The molecule has 1 aliphatic heterocycles. The third-order valence-electron chi connectivity index (χ3n) is 4.41. The summed E-state index contributed by atoms with van der Waals surface area (Å²) < 4.78 is 18.7. The van der Waals surface area contributed by atoms with E-state index < -0.39 is 11.7 Å². The number of amides is 2. The van der Waals surface area contributed by atoms with Gasteiger partial charge >= 0.3 is 0 Å². The van der Waals surface area contributed by atoms with Gasteiger partial charge in [-0.05, 0) is 35.9 Å². The van der Waals surface area contributed by atoms with Gasteiger partial charge in [-0.15, -0.1) is 0 Å². The number of nitriles is 1. The summed E-state index contributed by atoms with van der Waals surface area (Å²) in [5.74, 6) is -0.542. The SMILES string of the molecule is COc1ccc(CN2CCN(C(=O)c3cc(F)cc(C#N)c3)CC2=O)cc1. The van der Waals surface area contributed by atoms with Crippen molar-refractivity contribution < 1.29 is 18.7 Å². The van der Waals surface area contributed by atoms with E-state index in [2.05, 4.69) is 0 Å². The summed E-state index contributed by atoms with van der Waals surface area (Å²) in [7, 11) is 1.59. The molecule has 1 aliphatic rings. The Morgan fingerprint density at radius 1 is 1.22 bits per heavy atom. The molecule has 0 spiro atoms. The maximum atomic E-state index is 13.6. The van der Waals surface area contributed by atoms with E-state index in [4.69, 9.17) is 10.00 Å². The molecule has 3 rings (SSSR count). The summed E-state index contributed by atoms with van der Waals surface area (Å²) in [6, 6.07) is 12.7. The Kier molecular flexibility index (Phi) is 5.36. The largest absolute Gasteiger partial charge is 0.497 e. The summed E-state index contributed by atoms with van der Waals surface area (Å²) >= 11 is 0. The zero-order chi connectivity index (χ0) is 19.4. The van der Waals surface area contributed by atoms with Crippen LogP contribution in [0.2, 0.25) is 0 Å². The molecule has 0 radical (unpaired) electrons. The highest BCUT2D eigenvalue weighted by atomic mass is 19.1. The van der Waals surface area contributed by atoms with Crippen LogP contribution in [0, 0.1) is 17.1 Å². The smallest absolute Gasteiger partial charge is 0.254 e. The first-order valence-electron chi connectivity index (χ1n) is 8.41. The van der Waals surface area contributed by atoms with Gasteiger partial charge in [0, 0.05) is 25.2 Å². The lowest BCUT2D eigenvalue weighted by atomic mass is 10.1. The van der Waals surface area contributed by atoms with Crippen LogP contribution in [0.5, 0.6) is 5.75 Å². The summed E-state index contributed by atoms with van der Waals surface area (Å²) in [6.07, 6.45) is 0. The minimum Gasteiger partial charge on any atom is -0.497 e. The van der Waals surface area contributed by atoms with Crippen molar-refractivity contribution in [3.8, 4) is 11.8 Å². The summed E-state index contributed by atoms with van der Waals surface area (Å²) in [6.45, 7) is 1.10. The van der Waals surface area contributed by atoms with Crippen LogP contribution in [0.1, 0.15) is 21.5 Å². The van der Waals surface area contributed by atoms with Gasteiger partial charge in [0.2, 0.25) is 5.91 Å². The number of rotatable bonds is 4. The Bertz CT molecular complexity index is 906. The molecule has 7 heteroatoms. The molecule has 0 aliphatic carbocycles. The first-order chi connectivity index (χ1) is 13.0. The van der Waals surface area contributed by atoms with E-state index in [1.54, 1.807) is 12.0 Å². The molecule has 2 aromatic carbocycles. The number of methoxy groups -OCH3 is 1. The molecular weight excluding hydrogens is 349 g/mol. The van der Waals surface area contributed by atoms with Gasteiger partial charge in [-0.25, -0.2) is 4.39 Å². The third-order valence-corrected chi connectivity index (χ3v) is 4.41. The van der Waals surface area contributed by atoms with Crippen LogP contribution in [-0.2, 0) is 11.3 Å². The average molecular weight is 367 g/mol. The van der Waals surface area contributed by atoms with E-state index in [0.29, 0.717) is 19.6 Å². The number of benzene rings is 2. The lowest BCUT2D eigenvalue weighted by molar-refractivity contribution is -0.135. The van der Waals surface area contributed by atoms with E-state index in [1.165, 1.54) is 11.0 Å². The predicted molar refractivity (Wildman–Crippen MR) is 95.4 cm³/mol. The highest BCUT2D eigenvalue weighted by molar-refractivity contribution is 5.97. The lowest BCUT2D eigenvalue weighted by Gasteiger charge is -2.34. The van der Waals surface area contributed by atoms with E-state index in [9.17, 15) is 14.0 Å². The molecule has 0 N–H and O–H groups in total. The molecule has 0 unspecified atom stereocenters. The maximum absolute atomic E-state index is 13.6. The molecule has 2 amide bonds. The zero-order valence-electron chi connectivity index (χ0n) is 14.8. The molecule has 1 saturated heterocycles. The summed E-state index contributed by atoms with van der Waals surface area (Å²) in [4.78, 5) is 28.1. The predicted octanol–water partition coefficient (Wildman–Crippen LogP) is 2.19. The number of nitrogens with zero attached hydrogens (tertiary/aromatic N) is 3. The molecule has 1 heterocycles. The lowest BCUT2D eigenvalue weighted by Crippen LogP contribution is -2.51. The van der Waals surface area contributed by atoms with Crippen molar-refractivity contribution in [3.05, 3.63) is 65.0 Å². The average Bonchev–Trinajstić information content (AvgIpc) is 2.69. The third kappa shape index (κ3) is 4.23. The van der Waals surface area contributed by atoms with Gasteiger partial charge in [0.25, 0.3) is 5.91 Å². The highest BCUT2D eigenvalue weighted by Gasteiger charge is 2.28. The maximum Gasteiger partial charge on any atom is 0.254 e. The minimum absolute atomic E-state index is 0.0721. The second-order valence-corrected chi connectivity index (χ2v) is 6.23. The number of carbonyl (C=O) groups is 2. The Morgan fingerprint density at radius 3 is 2.59 bits per heavy atom. The van der Waals surface area contributed by atoms with E-state index in [-0.39, 0.29) is 23.6 Å². The summed E-state index contributed by atoms with van der Waals surface area (Å²) in [5.41, 5.74) is 1.11. The summed E-state index contributed by atoms with van der Waals surface area (Å²) in [5, 5.41) is 8.92. The van der Waals surface area contributed by atoms with Crippen molar-refractivity contribution in [2.45, 2.75) is 6.54 Å². The quantitative estimate of drug-likeness (QED) is 0.830. The van der Waals surface area contributed by atoms with Crippen molar-refractivity contribution in [3.63, 3.8) is 0 Å². The van der Waals surface area contributed by atoms with Gasteiger partial charge in [-0.1, -0.05) is 12.1 Å². The standard InChI is InChI=1S/C20H18FN3O3/c1-27-18-4-2-14(3-5-18)12-23-6-7-24(13-19(23)25)20(26)16-8-15(11-22)9-17(21)10-16/h2-5,8-10H,6-7,12-13H2,1H3. The Morgan fingerprint density at radius 2 is 1.96 bits per heavy atom. The monoisotopic (exact) mass is 367 g/mol. The van der Waals surface area contributed by atoms with E-state index in [1.807, 2.05) is 30.3 Å². The van der Waals surface area contributed by atoms with Crippen LogP contribution in [0.4, 0.5) is 4.39 Å². The normalized spacial score (nSPS) is 14.0. The van der Waals surface area contributed by atoms with Gasteiger partial charge in [0.1, 0.15) is 18.1 Å². The van der Waals surface area contributed by atoms with E-state index in [0.717, 1.165) is 23.4 Å². The van der Waals surface area contributed by atoms with Crippen LogP contribution in [-0.4, -0.2) is 48.4 Å². The van der Waals surface area contributed by atoms with Crippen LogP contribution >= 0.6 is 0 Å². The van der Waals surface area contributed by atoms with Crippen LogP contribution in [0.15, 0.2) is 42.5 Å². The van der Waals surface area contributed by atoms with Crippen molar-refractivity contribution in [2.24, 2.45) is 0 Å². The Hall–Kier alpha value is -3.40. The van der Waals surface area contributed by atoms with Crippen molar-refractivity contribution in [1.82, 2.24) is 9.80 Å². The molecule has 1 fully saturated rings. The second kappa shape index (κ2) is 7.87. The number of hydrogen-bond donors (Lipinski definition) is 0. The fourth-order valence-electron chi connectivity index (χ4n) is 2.96. The molecule has 2 aromatic rings. The van der Waals surface area contributed by atoms with E-state index >= 15 is 0 Å². The first-order valence-corrected chi connectivity index (χ1v) is 8.41. The molecule has 6 nitrogen and oxygen atoms in total. The first kappa shape index (κ1) is 18.4. The van der Waals surface area contributed by atoms with Crippen LogP contribution in [0.3, 0.4) is 0 Å². The molecule has 0 saturated carbocycles. The second-order valence-electron chi connectivity index (χ2n) is 6.23. The Balaban J connectivity index is 1.65. The van der Waals surface area contributed by atoms with Crippen molar-refractivity contribution in [1.29, 1.82) is 5.26 Å². The van der Waals surface area contributed by atoms with Gasteiger partial charge in [0.15, 0.2) is 0 Å². The number of hydrogen-bond acceptors (Lipinski definition) is 4. The molecule has 0 aromatic heterocycles.